The molecule has 1 fully saturated rings. The Morgan fingerprint density at radius 2 is 2.11 bits per heavy atom. The first-order chi connectivity index (χ1) is 8.97. The van der Waals surface area contributed by atoms with E-state index in [1.54, 1.807) is 19.1 Å². The predicted molar refractivity (Wildman–Crippen MR) is 68.0 cm³/mol. The lowest BCUT2D eigenvalue weighted by atomic mass is 10.2. The van der Waals surface area contributed by atoms with Gasteiger partial charge in [0.05, 0.1) is 5.92 Å². The number of rotatable bonds is 4. The number of esters is 1. The Balaban J connectivity index is 1.91. The summed E-state index contributed by atoms with van der Waals surface area (Å²) in [6, 6.07) is 4.42. The Morgan fingerprint density at radius 3 is 2.68 bits per heavy atom. The third-order valence-electron chi connectivity index (χ3n) is 3.01. The second-order valence-corrected chi connectivity index (χ2v) is 4.81. The number of benzene rings is 1. The highest BCUT2D eigenvalue weighted by Gasteiger charge is 2.33. The zero-order chi connectivity index (χ0) is 14.0. The molecule has 0 unspecified atom stereocenters. The number of amides is 1. The number of ether oxygens (including phenoxy) is 1. The molecule has 1 aromatic carbocycles. The fraction of sp³-hybridized carbons (Fsp3) is 0.429. The fourth-order valence-corrected chi connectivity index (χ4v) is 1.56. The molecule has 19 heavy (non-hydrogen) atoms. The minimum atomic E-state index is -0.877. The third kappa shape index (κ3) is 3.53. The van der Waals surface area contributed by atoms with Crippen LogP contribution in [0.3, 0.4) is 0 Å². The number of aryl methyl sites for hydroxylation is 1. The van der Waals surface area contributed by atoms with E-state index in [1.807, 2.05) is 0 Å². The second kappa shape index (κ2) is 5.38. The molecule has 0 saturated heterocycles. The van der Waals surface area contributed by atoms with Crippen LogP contribution in [0.15, 0.2) is 18.2 Å². The summed E-state index contributed by atoms with van der Waals surface area (Å²) in [5.74, 6) is -1.23. The van der Waals surface area contributed by atoms with Crippen molar-refractivity contribution in [2.75, 3.05) is 5.32 Å². The molecule has 0 spiro atoms. The highest BCUT2D eigenvalue weighted by atomic mass is 19.1. The Hall–Kier alpha value is -1.91. The number of carbonyl (C=O) groups excluding carboxylic acids is 2. The summed E-state index contributed by atoms with van der Waals surface area (Å²) in [5, 5.41) is 2.52. The predicted octanol–water partition coefficient (Wildman–Crippen LogP) is 2.41. The van der Waals surface area contributed by atoms with Gasteiger partial charge in [-0.15, -0.1) is 0 Å². The zero-order valence-electron chi connectivity index (χ0n) is 10.9. The number of anilines is 1. The Morgan fingerprint density at radius 1 is 1.42 bits per heavy atom. The molecular formula is C14H16FNO3. The van der Waals surface area contributed by atoms with Crippen molar-refractivity contribution in [2.45, 2.75) is 32.8 Å². The van der Waals surface area contributed by atoms with Crippen LogP contribution in [0.4, 0.5) is 10.1 Å². The lowest BCUT2D eigenvalue weighted by molar-refractivity contribution is -0.154. The lowest BCUT2D eigenvalue weighted by Crippen LogP contribution is -2.30. The first kappa shape index (κ1) is 13.5. The number of hydrogen-bond donors (Lipinski definition) is 1. The first-order valence-corrected chi connectivity index (χ1v) is 6.25. The average Bonchev–Trinajstić information content (AvgIpc) is 3.17. The monoisotopic (exact) mass is 265 g/mol. The van der Waals surface area contributed by atoms with Gasteiger partial charge in [-0.05, 0) is 44.4 Å². The summed E-state index contributed by atoms with van der Waals surface area (Å²) < 4.78 is 18.3. The van der Waals surface area contributed by atoms with Gasteiger partial charge >= 0.3 is 5.97 Å². The zero-order valence-corrected chi connectivity index (χ0v) is 10.9. The van der Waals surface area contributed by atoms with E-state index in [4.69, 9.17) is 4.74 Å². The minimum Gasteiger partial charge on any atom is -0.452 e. The maximum absolute atomic E-state index is 13.3. The van der Waals surface area contributed by atoms with Crippen molar-refractivity contribution in [2.24, 2.45) is 5.92 Å². The highest BCUT2D eigenvalue weighted by Crippen LogP contribution is 2.30. The van der Waals surface area contributed by atoms with Gasteiger partial charge in [-0.3, -0.25) is 9.59 Å². The summed E-state index contributed by atoms with van der Waals surface area (Å²) in [7, 11) is 0. The van der Waals surface area contributed by atoms with Crippen molar-refractivity contribution >= 4 is 17.6 Å². The molecule has 0 bridgehead atoms. The van der Waals surface area contributed by atoms with E-state index in [9.17, 15) is 14.0 Å². The highest BCUT2D eigenvalue weighted by molar-refractivity contribution is 5.95. The molecular weight excluding hydrogens is 249 g/mol. The molecule has 2 rings (SSSR count). The van der Waals surface area contributed by atoms with Crippen molar-refractivity contribution in [3.63, 3.8) is 0 Å². The Kier molecular flexibility index (Phi) is 3.83. The van der Waals surface area contributed by atoms with E-state index < -0.39 is 12.0 Å². The van der Waals surface area contributed by atoms with Crippen LogP contribution in [0.1, 0.15) is 25.3 Å². The molecule has 102 valence electrons. The smallest absolute Gasteiger partial charge is 0.309 e. The van der Waals surface area contributed by atoms with Crippen LogP contribution in [0, 0.1) is 18.7 Å². The normalized spacial score (nSPS) is 15.7. The van der Waals surface area contributed by atoms with Crippen molar-refractivity contribution < 1.29 is 18.7 Å². The summed E-state index contributed by atoms with van der Waals surface area (Å²) >= 11 is 0. The molecule has 1 aromatic rings. The van der Waals surface area contributed by atoms with Crippen LogP contribution < -0.4 is 5.32 Å². The quantitative estimate of drug-likeness (QED) is 0.850. The van der Waals surface area contributed by atoms with E-state index in [2.05, 4.69) is 5.32 Å². The summed E-state index contributed by atoms with van der Waals surface area (Å²) in [5.41, 5.74) is 0.855. The number of nitrogens with one attached hydrogen (secondary N) is 1. The van der Waals surface area contributed by atoms with Crippen LogP contribution in [-0.2, 0) is 14.3 Å². The second-order valence-electron chi connectivity index (χ2n) is 4.81. The molecule has 0 radical (unpaired) electrons. The first-order valence-electron chi connectivity index (χ1n) is 6.25. The van der Waals surface area contributed by atoms with E-state index in [1.165, 1.54) is 13.0 Å². The van der Waals surface area contributed by atoms with Gasteiger partial charge in [0.15, 0.2) is 6.10 Å². The number of carbonyl (C=O) groups is 2. The largest absolute Gasteiger partial charge is 0.452 e. The van der Waals surface area contributed by atoms with Crippen molar-refractivity contribution in [3.8, 4) is 0 Å². The molecule has 4 nitrogen and oxygen atoms in total. The lowest BCUT2D eigenvalue weighted by Gasteiger charge is -2.13. The molecule has 1 amide bonds. The van der Waals surface area contributed by atoms with E-state index >= 15 is 0 Å². The van der Waals surface area contributed by atoms with Crippen LogP contribution in [0.2, 0.25) is 0 Å². The van der Waals surface area contributed by atoms with E-state index in [-0.39, 0.29) is 17.7 Å². The topological polar surface area (TPSA) is 55.4 Å². The summed E-state index contributed by atoms with van der Waals surface area (Å²) in [6.45, 7) is 3.14. The van der Waals surface area contributed by atoms with Gasteiger partial charge in [0.25, 0.3) is 5.91 Å². The van der Waals surface area contributed by atoms with Crippen molar-refractivity contribution in [3.05, 3.63) is 29.6 Å². The molecule has 1 atom stereocenters. The van der Waals surface area contributed by atoms with Crippen LogP contribution in [0.5, 0.6) is 0 Å². The summed E-state index contributed by atoms with van der Waals surface area (Å²) in [4.78, 5) is 23.2. The molecule has 0 aromatic heterocycles. The average molecular weight is 265 g/mol. The van der Waals surface area contributed by atoms with Crippen LogP contribution >= 0.6 is 0 Å². The van der Waals surface area contributed by atoms with Gasteiger partial charge in [-0.25, -0.2) is 4.39 Å². The number of hydrogen-bond acceptors (Lipinski definition) is 3. The van der Waals surface area contributed by atoms with Gasteiger partial charge in [-0.2, -0.15) is 0 Å². The SMILES string of the molecule is Cc1ccc(NC(=O)[C@H](C)OC(=O)C2CC2)cc1F. The molecule has 0 aliphatic heterocycles. The van der Waals surface area contributed by atoms with Gasteiger partial charge in [0.2, 0.25) is 0 Å². The molecule has 0 heterocycles. The van der Waals surface area contributed by atoms with Crippen LogP contribution in [-0.4, -0.2) is 18.0 Å². The molecule has 1 aliphatic rings. The van der Waals surface area contributed by atoms with Gasteiger partial charge in [-0.1, -0.05) is 6.07 Å². The van der Waals surface area contributed by atoms with Crippen molar-refractivity contribution in [1.82, 2.24) is 0 Å². The maximum Gasteiger partial charge on any atom is 0.309 e. The summed E-state index contributed by atoms with van der Waals surface area (Å²) in [6.07, 6.45) is 0.782. The maximum atomic E-state index is 13.3. The number of halogens is 1. The van der Waals surface area contributed by atoms with Gasteiger partial charge in [0.1, 0.15) is 5.82 Å². The van der Waals surface area contributed by atoms with E-state index in [0.717, 1.165) is 12.8 Å². The Labute approximate surface area is 110 Å². The van der Waals surface area contributed by atoms with Crippen molar-refractivity contribution in [1.29, 1.82) is 0 Å². The minimum absolute atomic E-state index is 0.0490. The fourth-order valence-electron chi connectivity index (χ4n) is 1.56. The molecule has 5 heteroatoms. The standard InChI is InChI=1S/C14H16FNO3/c1-8-3-6-11(7-12(8)15)16-13(17)9(2)19-14(18)10-4-5-10/h3,6-7,9-10H,4-5H2,1-2H3,(H,16,17)/t9-/m0/s1. The van der Waals surface area contributed by atoms with Crippen LogP contribution in [0.25, 0.3) is 0 Å². The molecule has 1 N–H and O–H groups in total. The molecule has 1 aliphatic carbocycles. The van der Waals surface area contributed by atoms with Gasteiger partial charge < -0.3 is 10.1 Å². The van der Waals surface area contributed by atoms with E-state index in [0.29, 0.717) is 11.3 Å². The third-order valence-corrected chi connectivity index (χ3v) is 3.01. The Bertz CT molecular complexity index is 511. The molecule has 1 saturated carbocycles. The van der Waals surface area contributed by atoms with Gasteiger partial charge in [0, 0.05) is 5.69 Å².